The van der Waals surface area contributed by atoms with Crippen LogP contribution < -0.4 is 10.6 Å². The molecule has 0 aromatic rings. The molecule has 0 spiro atoms. The van der Waals surface area contributed by atoms with Gasteiger partial charge in [0.25, 0.3) is 0 Å². The van der Waals surface area contributed by atoms with E-state index in [0.717, 1.165) is 19.3 Å². The summed E-state index contributed by atoms with van der Waals surface area (Å²) in [6.45, 7) is 11.0. The first-order chi connectivity index (χ1) is 12.5. The summed E-state index contributed by atoms with van der Waals surface area (Å²) < 4.78 is 0. The maximum atomic E-state index is 13.0. The predicted molar refractivity (Wildman–Crippen MR) is 107 cm³/mol. The highest BCUT2D eigenvalue weighted by atomic mass is 16.2. The highest BCUT2D eigenvalue weighted by Gasteiger charge is 2.60. The van der Waals surface area contributed by atoms with Gasteiger partial charge in [0.05, 0.1) is 0 Å². The van der Waals surface area contributed by atoms with E-state index in [9.17, 15) is 9.59 Å². The normalized spacial score (nSPS) is 46.1. The Labute approximate surface area is 163 Å². The molecule has 0 radical (unpaired) electrons. The van der Waals surface area contributed by atoms with Gasteiger partial charge in [0.2, 0.25) is 11.8 Å². The summed E-state index contributed by atoms with van der Waals surface area (Å²) in [7, 11) is 0. The number of carbonyl (C=O) groups excluding carboxylic acids is 2. The van der Waals surface area contributed by atoms with Crippen molar-refractivity contribution in [3.63, 3.8) is 0 Å². The van der Waals surface area contributed by atoms with Crippen LogP contribution in [-0.4, -0.2) is 23.4 Å². The number of fused-ring (bicyclic) bond motifs is 5. The van der Waals surface area contributed by atoms with Crippen molar-refractivity contribution in [3.8, 4) is 0 Å². The van der Waals surface area contributed by atoms with Gasteiger partial charge in [-0.15, -0.1) is 0 Å². The van der Waals surface area contributed by atoms with Gasteiger partial charge in [0.1, 0.15) is 0 Å². The minimum absolute atomic E-state index is 0.0661. The third-order valence-corrected chi connectivity index (χ3v) is 8.50. The summed E-state index contributed by atoms with van der Waals surface area (Å²) in [5.74, 6) is 2.41. The topological polar surface area (TPSA) is 58.2 Å². The summed E-state index contributed by atoms with van der Waals surface area (Å²) in [6.07, 6.45) is 10.7. The van der Waals surface area contributed by atoms with E-state index >= 15 is 0 Å². The number of amides is 2. The zero-order valence-electron chi connectivity index (χ0n) is 17.6. The van der Waals surface area contributed by atoms with Crippen LogP contribution in [0.3, 0.4) is 0 Å². The van der Waals surface area contributed by atoms with E-state index in [0.29, 0.717) is 17.8 Å². The second-order valence-electron chi connectivity index (χ2n) is 11.1. The van der Waals surface area contributed by atoms with Crippen molar-refractivity contribution >= 4 is 11.8 Å². The summed E-state index contributed by atoms with van der Waals surface area (Å²) in [5, 5.41) is 6.48. The fourth-order valence-electron chi connectivity index (χ4n) is 7.22. The molecule has 2 amide bonds. The Balaban J connectivity index is 1.58. The molecule has 2 N–H and O–H groups in total. The lowest BCUT2D eigenvalue weighted by Gasteiger charge is -2.58. The third-order valence-electron chi connectivity index (χ3n) is 8.50. The average Bonchev–Trinajstić information content (AvgIpc) is 2.91. The van der Waals surface area contributed by atoms with Crippen LogP contribution in [0.15, 0.2) is 12.2 Å². The minimum atomic E-state index is -0.167. The quantitative estimate of drug-likeness (QED) is 0.735. The van der Waals surface area contributed by atoms with E-state index in [1.54, 1.807) is 6.08 Å². The molecule has 0 bridgehead atoms. The molecular formula is C23H36N2O2. The van der Waals surface area contributed by atoms with Gasteiger partial charge in [-0.25, -0.2) is 0 Å². The molecule has 0 saturated heterocycles. The average molecular weight is 373 g/mol. The van der Waals surface area contributed by atoms with Crippen molar-refractivity contribution in [2.75, 3.05) is 0 Å². The summed E-state index contributed by atoms with van der Waals surface area (Å²) in [6, 6.07) is 0.280. The van der Waals surface area contributed by atoms with Gasteiger partial charge in [-0.1, -0.05) is 19.9 Å². The van der Waals surface area contributed by atoms with E-state index < -0.39 is 0 Å². The maximum Gasteiger partial charge on any atom is 0.243 e. The molecule has 0 unspecified atom stereocenters. The fraction of sp³-hybridized carbons (Fsp3) is 0.826. The van der Waals surface area contributed by atoms with Crippen molar-refractivity contribution in [2.24, 2.45) is 34.5 Å². The number of hydrogen-bond acceptors (Lipinski definition) is 2. The van der Waals surface area contributed by atoms with Crippen LogP contribution in [0.1, 0.15) is 73.1 Å². The van der Waals surface area contributed by atoms with Crippen molar-refractivity contribution < 1.29 is 9.59 Å². The lowest BCUT2D eigenvalue weighted by Crippen LogP contribution is -2.59. The first-order valence-electron chi connectivity index (χ1n) is 10.9. The summed E-state index contributed by atoms with van der Waals surface area (Å²) in [5.41, 5.74) is 0.0323. The molecule has 3 saturated carbocycles. The summed E-state index contributed by atoms with van der Waals surface area (Å²) in [4.78, 5) is 24.9. The van der Waals surface area contributed by atoms with E-state index in [2.05, 4.69) is 51.3 Å². The Bertz CT molecular complexity index is 678. The Morgan fingerprint density at radius 3 is 2.56 bits per heavy atom. The van der Waals surface area contributed by atoms with Crippen LogP contribution in [0.5, 0.6) is 0 Å². The second kappa shape index (κ2) is 6.09. The van der Waals surface area contributed by atoms with E-state index in [1.165, 1.54) is 19.3 Å². The van der Waals surface area contributed by atoms with Gasteiger partial charge in [0, 0.05) is 22.9 Å². The van der Waals surface area contributed by atoms with Gasteiger partial charge in [-0.2, -0.15) is 0 Å². The molecule has 7 atom stereocenters. The van der Waals surface area contributed by atoms with Crippen molar-refractivity contribution in [3.05, 3.63) is 12.2 Å². The minimum Gasteiger partial charge on any atom is -0.351 e. The zero-order chi connectivity index (χ0) is 19.6. The number of hydrogen-bond donors (Lipinski definition) is 2. The molecule has 4 rings (SSSR count). The van der Waals surface area contributed by atoms with Crippen molar-refractivity contribution in [1.82, 2.24) is 10.6 Å². The van der Waals surface area contributed by atoms with Gasteiger partial charge >= 0.3 is 0 Å². The predicted octanol–water partition coefficient (Wildman–Crippen LogP) is 3.81. The van der Waals surface area contributed by atoms with Crippen molar-refractivity contribution in [1.29, 1.82) is 0 Å². The summed E-state index contributed by atoms with van der Waals surface area (Å²) >= 11 is 0. The largest absolute Gasteiger partial charge is 0.351 e. The first kappa shape index (κ1) is 19.0. The van der Waals surface area contributed by atoms with E-state index in [4.69, 9.17) is 0 Å². The highest BCUT2D eigenvalue weighted by Crippen LogP contribution is 2.65. The first-order valence-corrected chi connectivity index (χ1v) is 10.9. The van der Waals surface area contributed by atoms with Gasteiger partial charge < -0.3 is 10.6 Å². The SMILES string of the molecule is CC(C)(C)NC(=O)[C@@H]1CC[C@H]2[C@@H]3CC[C@@H]4NC(=O)C=C[C@@]4(C)[C@@H]3CC[C@@]12C. The molecule has 4 heteroatoms. The van der Waals surface area contributed by atoms with Crippen LogP contribution in [0.2, 0.25) is 0 Å². The molecule has 3 aliphatic carbocycles. The smallest absolute Gasteiger partial charge is 0.243 e. The van der Waals surface area contributed by atoms with E-state index in [-0.39, 0.29) is 40.1 Å². The standard InChI is InChI=1S/C23H36N2O2/c1-21(2,3)25-20(27)17-8-7-15-14-6-9-18-23(5,13-11-19(26)24-18)16(14)10-12-22(15,17)4/h11,13-18H,6-10,12H2,1-5H3,(H,24,26)(H,25,27)/t14-,15-,16+,17-,18-,22+,23-/m0/s1. The van der Waals surface area contributed by atoms with Crippen molar-refractivity contribution in [2.45, 2.75) is 84.7 Å². The fourth-order valence-corrected chi connectivity index (χ4v) is 7.22. The lowest BCUT2D eigenvalue weighted by atomic mass is 9.48. The molecule has 1 aliphatic heterocycles. The molecule has 4 aliphatic rings. The van der Waals surface area contributed by atoms with Gasteiger partial charge in [-0.05, 0) is 88.5 Å². The van der Waals surface area contributed by atoms with Crippen LogP contribution >= 0.6 is 0 Å². The maximum absolute atomic E-state index is 13.0. The van der Waals surface area contributed by atoms with E-state index in [1.807, 2.05) is 0 Å². The Morgan fingerprint density at radius 2 is 1.85 bits per heavy atom. The Morgan fingerprint density at radius 1 is 1.11 bits per heavy atom. The van der Waals surface area contributed by atoms with Crippen LogP contribution in [-0.2, 0) is 9.59 Å². The number of nitrogens with one attached hydrogen (secondary N) is 2. The molecule has 4 nitrogen and oxygen atoms in total. The molecular weight excluding hydrogens is 336 g/mol. The molecule has 0 aromatic heterocycles. The van der Waals surface area contributed by atoms with Crippen LogP contribution in [0, 0.1) is 34.5 Å². The zero-order valence-corrected chi connectivity index (χ0v) is 17.6. The number of rotatable bonds is 1. The number of carbonyl (C=O) groups is 2. The Hall–Kier alpha value is -1.32. The second-order valence-corrected chi connectivity index (χ2v) is 11.1. The van der Waals surface area contributed by atoms with Crippen LogP contribution in [0.25, 0.3) is 0 Å². The monoisotopic (exact) mass is 372 g/mol. The van der Waals surface area contributed by atoms with Gasteiger partial charge in [-0.3, -0.25) is 9.59 Å². The van der Waals surface area contributed by atoms with Crippen LogP contribution in [0.4, 0.5) is 0 Å². The molecule has 1 heterocycles. The molecule has 3 fully saturated rings. The third kappa shape index (κ3) is 2.94. The highest BCUT2D eigenvalue weighted by molar-refractivity contribution is 5.89. The molecule has 27 heavy (non-hydrogen) atoms. The lowest BCUT2D eigenvalue weighted by molar-refractivity contribution is -0.135. The van der Waals surface area contributed by atoms with Gasteiger partial charge in [0.15, 0.2) is 0 Å². The Kier molecular flexibility index (Phi) is 4.29. The molecule has 150 valence electrons. The molecule has 0 aromatic carbocycles.